The van der Waals surface area contributed by atoms with Crippen molar-refractivity contribution < 1.29 is 4.39 Å². The molecule has 0 aromatic heterocycles. The first-order valence-corrected chi connectivity index (χ1v) is 8.40. The maximum absolute atomic E-state index is 13.5. The van der Waals surface area contributed by atoms with Gasteiger partial charge in [0.2, 0.25) is 5.96 Å². The number of hydrogen-bond donors (Lipinski definition) is 2. The van der Waals surface area contributed by atoms with Crippen LogP contribution >= 0.6 is 0 Å². The molecule has 2 rings (SSSR count). The van der Waals surface area contributed by atoms with E-state index in [2.05, 4.69) is 53.9 Å². The minimum atomic E-state index is -1.09. The monoisotopic (exact) mass is 330 g/mol. The van der Waals surface area contributed by atoms with Crippen molar-refractivity contribution in [1.82, 2.24) is 5.32 Å². The van der Waals surface area contributed by atoms with E-state index in [0.717, 1.165) is 6.42 Å². The molecule has 1 aliphatic rings. The summed E-state index contributed by atoms with van der Waals surface area (Å²) >= 11 is 0. The molecule has 1 aliphatic carbocycles. The van der Waals surface area contributed by atoms with Gasteiger partial charge < -0.3 is 11.1 Å². The van der Waals surface area contributed by atoms with Crippen molar-refractivity contribution in [3.63, 3.8) is 0 Å². The van der Waals surface area contributed by atoms with Crippen LogP contribution in [-0.2, 0) is 6.42 Å². The van der Waals surface area contributed by atoms with Gasteiger partial charge in [0.15, 0.2) is 0 Å². The molecular formula is C19H27FN4. The number of nitrogens with zero attached hydrogens (tertiary/aromatic N) is 2. The van der Waals surface area contributed by atoms with E-state index >= 15 is 0 Å². The molecule has 0 amide bonds. The van der Waals surface area contributed by atoms with Crippen molar-refractivity contribution in [2.24, 2.45) is 21.6 Å². The van der Waals surface area contributed by atoms with Gasteiger partial charge in [0, 0.05) is 0 Å². The second kappa shape index (κ2) is 7.60. The normalized spacial score (nSPS) is 22.2. The molecule has 0 radical (unpaired) electrons. The van der Waals surface area contributed by atoms with Gasteiger partial charge in [0.25, 0.3) is 0 Å². The van der Waals surface area contributed by atoms with Crippen molar-refractivity contribution >= 4 is 11.7 Å². The third-order valence-corrected chi connectivity index (χ3v) is 4.42. The van der Waals surface area contributed by atoms with Crippen LogP contribution < -0.4 is 11.1 Å². The topological polar surface area (TPSA) is 62.8 Å². The van der Waals surface area contributed by atoms with E-state index in [4.69, 9.17) is 5.73 Å². The summed E-state index contributed by atoms with van der Waals surface area (Å²) in [5.74, 6) is 0.911. The first-order valence-electron chi connectivity index (χ1n) is 8.40. The Kier molecular flexibility index (Phi) is 5.75. The molecular weight excluding hydrogens is 303 g/mol. The number of alkyl halides is 1. The maximum atomic E-state index is 13.5. The van der Waals surface area contributed by atoms with E-state index in [-0.39, 0.29) is 12.0 Å². The summed E-state index contributed by atoms with van der Waals surface area (Å²) < 4.78 is 13.5. The lowest BCUT2D eigenvalue weighted by Gasteiger charge is -2.20. The number of benzene rings is 1. The fourth-order valence-corrected chi connectivity index (χ4v) is 3.10. The lowest BCUT2D eigenvalue weighted by molar-refractivity contribution is 0.413. The molecule has 0 heterocycles. The Labute approximate surface area is 143 Å². The van der Waals surface area contributed by atoms with E-state index in [1.54, 1.807) is 13.8 Å². The lowest BCUT2D eigenvalue weighted by atomic mass is 10.0. The Balaban J connectivity index is 2.10. The first kappa shape index (κ1) is 18.2. The zero-order valence-electron chi connectivity index (χ0n) is 14.9. The number of guanidine groups is 1. The number of fused-ring (bicyclic) bond motifs is 1. The quantitative estimate of drug-likeness (QED) is 0.637. The minimum Gasteiger partial charge on any atom is -0.368 e. The highest BCUT2D eigenvalue weighted by molar-refractivity contribution is 5.97. The van der Waals surface area contributed by atoms with Crippen molar-refractivity contribution in [1.29, 1.82) is 0 Å². The molecule has 0 bridgehead atoms. The largest absolute Gasteiger partial charge is 0.368 e. The van der Waals surface area contributed by atoms with Gasteiger partial charge in [0.05, 0.1) is 11.8 Å². The van der Waals surface area contributed by atoms with Crippen molar-refractivity contribution in [2.75, 3.05) is 0 Å². The van der Waals surface area contributed by atoms with Crippen LogP contribution in [0, 0.1) is 12.8 Å². The number of rotatable bonds is 5. The minimum absolute atomic E-state index is 0.0243. The van der Waals surface area contributed by atoms with Gasteiger partial charge in [-0.3, -0.25) is 0 Å². The zero-order chi connectivity index (χ0) is 17.9. The molecule has 5 heteroatoms. The molecule has 3 N–H and O–H groups in total. The maximum Gasteiger partial charge on any atom is 0.221 e. The fourth-order valence-electron chi connectivity index (χ4n) is 3.10. The SMILES string of the molecule is C=C(N=C(N)N=C(C)C(F)CC)NC1c2cc(C)ccc2CC1C. The molecule has 0 aliphatic heterocycles. The predicted molar refractivity (Wildman–Crippen MR) is 99.0 cm³/mol. The molecule has 3 atom stereocenters. The highest BCUT2D eigenvalue weighted by atomic mass is 19.1. The third-order valence-electron chi connectivity index (χ3n) is 4.42. The number of halogens is 1. The van der Waals surface area contributed by atoms with Crippen molar-refractivity contribution in [3.05, 3.63) is 47.3 Å². The Hall–Kier alpha value is -2.17. The second-order valence-corrected chi connectivity index (χ2v) is 6.55. The molecule has 24 heavy (non-hydrogen) atoms. The van der Waals surface area contributed by atoms with Gasteiger partial charge in [-0.1, -0.05) is 44.2 Å². The number of nitrogens with one attached hydrogen (secondary N) is 1. The van der Waals surface area contributed by atoms with E-state index in [0.29, 0.717) is 23.9 Å². The summed E-state index contributed by atoms with van der Waals surface area (Å²) in [6.45, 7) is 11.6. The van der Waals surface area contributed by atoms with Crippen LogP contribution in [0.5, 0.6) is 0 Å². The smallest absolute Gasteiger partial charge is 0.221 e. The number of aryl methyl sites for hydroxylation is 1. The molecule has 0 saturated carbocycles. The lowest BCUT2D eigenvalue weighted by Crippen LogP contribution is -2.24. The van der Waals surface area contributed by atoms with Gasteiger partial charge in [-0.05, 0) is 43.7 Å². The van der Waals surface area contributed by atoms with Crippen LogP contribution in [0.15, 0.2) is 40.6 Å². The van der Waals surface area contributed by atoms with Crippen LogP contribution in [0.4, 0.5) is 4.39 Å². The van der Waals surface area contributed by atoms with Crippen molar-refractivity contribution in [3.8, 4) is 0 Å². The van der Waals surface area contributed by atoms with E-state index in [1.165, 1.54) is 16.7 Å². The average Bonchev–Trinajstić information content (AvgIpc) is 2.81. The summed E-state index contributed by atoms with van der Waals surface area (Å²) in [6.07, 6.45) is 0.305. The van der Waals surface area contributed by atoms with Crippen LogP contribution in [0.25, 0.3) is 0 Å². The highest BCUT2D eigenvalue weighted by Gasteiger charge is 2.29. The summed E-state index contributed by atoms with van der Waals surface area (Å²) in [6, 6.07) is 6.67. The second-order valence-electron chi connectivity index (χ2n) is 6.55. The average molecular weight is 330 g/mol. The first-order chi connectivity index (χ1) is 11.3. The number of hydrogen-bond acceptors (Lipinski definition) is 2. The Bertz CT molecular complexity index is 678. The highest BCUT2D eigenvalue weighted by Crippen LogP contribution is 2.36. The van der Waals surface area contributed by atoms with Gasteiger partial charge in [-0.25, -0.2) is 9.38 Å². The molecule has 3 unspecified atom stereocenters. The molecule has 1 aromatic rings. The number of nitrogens with two attached hydrogens (primary N) is 1. The van der Waals surface area contributed by atoms with Crippen LogP contribution in [0.2, 0.25) is 0 Å². The van der Waals surface area contributed by atoms with Gasteiger partial charge in [-0.2, -0.15) is 4.99 Å². The summed E-state index contributed by atoms with van der Waals surface area (Å²) in [5, 5.41) is 3.33. The van der Waals surface area contributed by atoms with Crippen molar-refractivity contribution in [2.45, 2.75) is 52.8 Å². The summed E-state index contributed by atoms with van der Waals surface area (Å²) in [5.41, 5.74) is 10.00. The molecule has 0 fully saturated rings. The van der Waals surface area contributed by atoms with Gasteiger partial charge in [0.1, 0.15) is 12.0 Å². The van der Waals surface area contributed by atoms with Gasteiger partial charge >= 0.3 is 0 Å². The Morgan fingerprint density at radius 3 is 2.83 bits per heavy atom. The molecule has 130 valence electrons. The standard InChI is InChI=1S/C19H27FN4/c1-6-17(20)13(4)22-19(21)24-14(5)23-18-12(3)10-15-8-7-11(2)9-16(15)18/h7-9,12,17-18,23H,5-6,10H2,1-4H3,(H2,21,24). The molecule has 0 saturated heterocycles. The third kappa shape index (κ3) is 4.22. The van der Waals surface area contributed by atoms with Crippen LogP contribution in [0.3, 0.4) is 0 Å². The number of aliphatic imine (C=N–C) groups is 2. The molecule has 1 aromatic carbocycles. The molecule has 4 nitrogen and oxygen atoms in total. The Morgan fingerprint density at radius 2 is 2.17 bits per heavy atom. The van der Waals surface area contributed by atoms with Crippen LogP contribution in [-0.4, -0.2) is 17.8 Å². The van der Waals surface area contributed by atoms with Gasteiger partial charge in [-0.15, -0.1) is 0 Å². The fraction of sp³-hybridized carbons (Fsp3) is 0.474. The summed E-state index contributed by atoms with van der Waals surface area (Å²) in [4.78, 5) is 8.17. The summed E-state index contributed by atoms with van der Waals surface area (Å²) in [7, 11) is 0. The predicted octanol–water partition coefficient (Wildman–Crippen LogP) is 3.81. The zero-order valence-corrected chi connectivity index (χ0v) is 14.9. The van der Waals surface area contributed by atoms with E-state index in [1.807, 2.05) is 0 Å². The molecule has 0 spiro atoms. The van der Waals surface area contributed by atoms with Crippen LogP contribution in [0.1, 0.15) is 49.9 Å². The van der Waals surface area contributed by atoms with E-state index < -0.39 is 6.17 Å². The van der Waals surface area contributed by atoms with E-state index in [9.17, 15) is 4.39 Å². The Morgan fingerprint density at radius 1 is 1.46 bits per heavy atom.